The summed E-state index contributed by atoms with van der Waals surface area (Å²) in [6, 6.07) is 3.77. The zero-order chi connectivity index (χ0) is 9.52. The van der Waals surface area contributed by atoms with E-state index >= 15 is 0 Å². The van der Waals surface area contributed by atoms with Crippen LogP contribution in [0.3, 0.4) is 0 Å². The summed E-state index contributed by atoms with van der Waals surface area (Å²) >= 11 is 0. The van der Waals surface area contributed by atoms with Crippen molar-refractivity contribution in [1.29, 1.82) is 5.41 Å². The van der Waals surface area contributed by atoms with Crippen molar-refractivity contribution >= 4 is 36.8 Å². The smallest absolute Gasteiger partial charge is 0.205 e. The Morgan fingerprint density at radius 2 is 2.27 bits per heavy atom. The van der Waals surface area contributed by atoms with Crippen LogP contribution in [0, 0.1) is 5.41 Å². The van der Waals surface area contributed by atoms with Crippen LogP contribution in [-0.2, 0) is 4.74 Å². The first-order valence-electron chi connectivity index (χ1n) is 4.12. The number of pyridine rings is 1. The molecule has 0 saturated heterocycles. The van der Waals surface area contributed by atoms with Crippen molar-refractivity contribution < 1.29 is 4.74 Å². The third-order valence-corrected chi connectivity index (χ3v) is 1.41. The first-order chi connectivity index (χ1) is 6.33. The van der Waals surface area contributed by atoms with Gasteiger partial charge in [0.15, 0.2) is 0 Å². The molecule has 15 heavy (non-hydrogen) atoms. The molecule has 0 unspecified atom stereocenters. The van der Waals surface area contributed by atoms with Crippen LogP contribution >= 0.6 is 24.8 Å². The fraction of sp³-hybridized carbons (Fsp3) is 0.200. The van der Waals surface area contributed by atoms with Crippen LogP contribution in [-0.4, -0.2) is 17.5 Å². The summed E-state index contributed by atoms with van der Waals surface area (Å²) in [4.78, 5) is 3.95. The fourth-order valence-electron chi connectivity index (χ4n) is 0.850. The van der Waals surface area contributed by atoms with E-state index in [1.54, 1.807) is 24.5 Å². The van der Waals surface area contributed by atoms with Gasteiger partial charge >= 0.3 is 0 Å². The van der Waals surface area contributed by atoms with Crippen molar-refractivity contribution in [2.24, 2.45) is 0 Å². The maximum absolute atomic E-state index is 7.31. The maximum atomic E-state index is 7.31. The fourth-order valence-corrected chi connectivity index (χ4v) is 0.850. The Hall–Kier alpha value is -1.06. The molecule has 0 amide bonds. The third-order valence-electron chi connectivity index (χ3n) is 1.41. The van der Waals surface area contributed by atoms with Gasteiger partial charge in [-0.1, -0.05) is 6.07 Å². The van der Waals surface area contributed by atoms with E-state index in [1.807, 2.05) is 19.1 Å². The standard InChI is InChI=1S/C10H12N2O.2ClH/c1-2-13-10(11)6-5-9-4-3-7-12-8-9;;/h3-8,11H,2H2,1H3;2*1H/b6-5+,11-10?;;. The molecule has 0 spiro atoms. The largest absolute Gasteiger partial charge is 0.478 e. The van der Waals surface area contributed by atoms with Gasteiger partial charge in [-0.2, -0.15) is 0 Å². The first-order valence-corrected chi connectivity index (χ1v) is 4.12. The molecule has 0 aliphatic rings. The number of aromatic nitrogens is 1. The van der Waals surface area contributed by atoms with Gasteiger partial charge in [-0.05, 0) is 24.6 Å². The minimum atomic E-state index is 0. The summed E-state index contributed by atoms with van der Waals surface area (Å²) < 4.78 is 4.94. The van der Waals surface area contributed by atoms with E-state index in [0.717, 1.165) is 5.56 Å². The average Bonchev–Trinajstić information content (AvgIpc) is 2.17. The van der Waals surface area contributed by atoms with Crippen LogP contribution in [0.1, 0.15) is 12.5 Å². The molecule has 3 nitrogen and oxygen atoms in total. The number of nitrogens with one attached hydrogen (secondary N) is 1. The Morgan fingerprint density at radius 1 is 1.53 bits per heavy atom. The monoisotopic (exact) mass is 248 g/mol. The van der Waals surface area contributed by atoms with Crippen molar-refractivity contribution in [3.63, 3.8) is 0 Å². The highest BCUT2D eigenvalue weighted by atomic mass is 35.5. The quantitative estimate of drug-likeness (QED) is 0.661. The topological polar surface area (TPSA) is 46.0 Å². The van der Waals surface area contributed by atoms with Gasteiger partial charge < -0.3 is 4.74 Å². The number of hydrogen-bond acceptors (Lipinski definition) is 3. The average molecular weight is 249 g/mol. The first kappa shape index (κ1) is 16.4. The van der Waals surface area contributed by atoms with Crippen molar-refractivity contribution in [3.05, 3.63) is 36.2 Å². The highest BCUT2D eigenvalue weighted by molar-refractivity contribution is 5.89. The Labute approximate surface area is 102 Å². The van der Waals surface area contributed by atoms with E-state index < -0.39 is 0 Å². The normalized spacial score (nSPS) is 8.87. The summed E-state index contributed by atoms with van der Waals surface area (Å²) in [6.07, 6.45) is 6.85. The molecule has 0 bridgehead atoms. The van der Waals surface area contributed by atoms with Crippen LogP contribution in [0.2, 0.25) is 0 Å². The van der Waals surface area contributed by atoms with E-state index in [4.69, 9.17) is 10.1 Å². The SMILES string of the molecule is CCOC(=N)/C=C/c1cccnc1.Cl.Cl. The molecule has 0 aliphatic heterocycles. The van der Waals surface area contributed by atoms with Crippen molar-refractivity contribution in [2.75, 3.05) is 6.61 Å². The van der Waals surface area contributed by atoms with Crippen molar-refractivity contribution in [1.82, 2.24) is 4.98 Å². The van der Waals surface area contributed by atoms with Gasteiger partial charge in [0.2, 0.25) is 5.90 Å². The second-order valence-electron chi connectivity index (χ2n) is 2.42. The van der Waals surface area contributed by atoms with E-state index in [1.165, 1.54) is 0 Å². The lowest BCUT2D eigenvalue weighted by molar-refractivity contribution is 0.327. The molecule has 0 aromatic carbocycles. The number of halogens is 2. The molecule has 0 saturated carbocycles. The Kier molecular flexibility index (Phi) is 10.4. The Balaban J connectivity index is 0. The van der Waals surface area contributed by atoms with Gasteiger partial charge in [0.05, 0.1) is 6.61 Å². The summed E-state index contributed by atoms with van der Waals surface area (Å²) in [6.45, 7) is 2.38. The predicted molar refractivity (Wildman–Crippen MR) is 67.1 cm³/mol. The van der Waals surface area contributed by atoms with Gasteiger partial charge in [0.1, 0.15) is 0 Å². The summed E-state index contributed by atoms with van der Waals surface area (Å²) in [5, 5.41) is 7.31. The molecule has 1 rings (SSSR count). The molecule has 1 N–H and O–H groups in total. The molecule has 0 radical (unpaired) electrons. The minimum absolute atomic E-state index is 0. The molecule has 0 atom stereocenters. The lowest BCUT2D eigenvalue weighted by Gasteiger charge is -1.97. The lowest BCUT2D eigenvalue weighted by Crippen LogP contribution is -1.97. The number of ether oxygens (including phenoxy) is 1. The summed E-state index contributed by atoms with van der Waals surface area (Å²) in [5.74, 6) is 0.173. The van der Waals surface area contributed by atoms with Crippen molar-refractivity contribution in [3.8, 4) is 0 Å². The number of hydrogen-bond donors (Lipinski definition) is 1. The second kappa shape index (κ2) is 9.49. The van der Waals surface area contributed by atoms with Gasteiger partial charge in [0, 0.05) is 18.5 Å². The van der Waals surface area contributed by atoms with Crippen LogP contribution in [0.4, 0.5) is 0 Å². The van der Waals surface area contributed by atoms with Crippen LogP contribution < -0.4 is 0 Å². The molecule has 0 aliphatic carbocycles. The summed E-state index contributed by atoms with van der Waals surface area (Å²) in [5.41, 5.74) is 0.965. The second-order valence-corrected chi connectivity index (χ2v) is 2.42. The number of nitrogens with zero attached hydrogens (tertiary/aromatic N) is 1. The molecule has 1 aromatic heterocycles. The summed E-state index contributed by atoms with van der Waals surface area (Å²) in [7, 11) is 0. The Morgan fingerprint density at radius 3 is 2.80 bits per heavy atom. The molecule has 84 valence electrons. The molecule has 0 fully saturated rings. The highest BCUT2D eigenvalue weighted by Crippen LogP contribution is 1.98. The molecule has 5 heteroatoms. The number of rotatable bonds is 3. The van der Waals surface area contributed by atoms with Gasteiger partial charge in [-0.3, -0.25) is 10.4 Å². The van der Waals surface area contributed by atoms with Crippen LogP contribution in [0.5, 0.6) is 0 Å². The molecular weight excluding hydrogens is 235 g/mol. The molecular formula is C10H14Cl2N2O. The maximum Gasteiger partial charge on any atom is 0.205 e. The molecule has 1 aromatic rings. The van der Waals surface area contributed by atoms with E-state index in [9.17, 15) is 0 Å². The van der Waals surface area contributed by atoms with Crippen molar-refractivity contribution in [2.45, 2.75) is 6.92 Å². The van der Waals surface area contributed by atoms with E-state index in [0.29, 0.717) is 6.61 Å². The highest BCUT2D eigenvalue weighted by Gasteiger charge is 1.88. The Bertz CT molecular complexity index is 302. The van der Waals surface area contributed by atoms with Gasteiger partial charge in [-0.25, -0.2) is 0 Å². The van der Waals surface area contributed by atoms with Crippen LogP contribution in [0.25, 0.3) is 6.08 Å². The molecule has 1 heterocycles. The lowest BCUT2D eigenvalue weighted by atomic mass is 10.2. The van der Waals surface area contributed by atoms with E-state index in [-0.39, 0.29) is 30.7 Å². The zero-order valence-electron chi connectivity index (χ0n) is 8.34. The van der Waals surface area contributed by atoms with Crippen LogP contribution in [0.15, 0.2) is 30.6 Å². The van der Waals surface area contributed by atoms with E-state index in [2.05, 4.69) is 4.98 Å². The minimum Gasteiger partial charge on any atom is -0.478 e. The third kappa shape index (κ3) is 6.94. The van der Waals surface area contributed by atoms with Gasteiger partial charge in [-0.15, -0.1) is 24.8 Å². The van der Waals surface area contributed by atoms with Gasteiger partial charge in [0.25, 0.3) is 0 Å². The zero-order valence-corrected chi connectivity index (χ0v) is 9.98. The predicted octanol–water partition coefficient (Wildman–Crippen LogP) is 2.95.